The summed E-state index contributed by atoms with van der Waals surface area (Å²) in [6, 6.07) is 4.34. The van der Waals surface area contributed by atoms with Crippen LogP contribution in [0.25, 0.3) is 0 Å². The number of hydrogen-bond acceptors (Lipinski definition) is 7. The molecule has 0 bridgehead atoms. The number of rotatable bonds is 7. The van der Waals surface area contributed by atoms with Crippen LogP contribution in [0.3, 0.4) is 0 Å². The van der Waals surface area contributed by atoms with Gasteiger partial charge in [-0.25, -0.2) is 4.98 Å². The van der Waals surface area contributed by atoms with Crippen molar-refractivity contribution in [2.75, 3.05) is 31.5 Å². The lowest BCUT2D eigenvalue weighted by Gasteiger charge is -2.37. The Kier molecular flexibility index (Phi) is 6.87. The van der Waals surface area contributed by atoms with Gasteiger partial charge in [-0.15, -0.1) is 0 Å². The van der Waals surface area contributed by atoms with Crippen molar-refractivity contribution in [2.24, 2.45) is 13.0 Å². The quantitative estimate of drug-likeness (QED) is 0.565. The normalized spacial score (nSPS) is 20.4. The summed E-state index contributed by atoms with van der Waals surface area (Å²) in [5.41, 5.74) is 0.387. The minimum atomic E-state index is -3.98. The van der Waals surface area contributed by atoms with E-state index in [1.165, 1.54) is 17.1 Å². The number of hydrogen-bond donors (Lipinski definition) is 3. The number of nitrogens with zero attached hydrogens (tertiary/aromatic N) is 3. The molecule has 1 aliphatic heterocycles. The van der Waals surface area contributed by atoms with E-state index in [1.807, 2.05) is 6.92 Å². The summed E-state index contributed by atoms with van der Waals surface area (Å²) in [6.45, 7) is 4.44. The van der Waals surface area contributed by atoms with Crippen LogP contribution in [0.5, 0.6) is 5.75 Å². The maximum atomic E-state index is 13.3. The number of amides is 1. The smallest absolute Gasteiger partial charge is 0.281 e. The third-order valence-corrected chi connectivity index (χ3v) is 6.55. The molecule has 0 aliphatic carbocycles. The van der Waals surface area contributed by atoms with Gasteiger partial charge in [0.1, 0.15) is 6.10 Å². The number of para-hydroxylation sites is 1. The van der Waals surface area contributed by atoms with Gasteiger partial charge in [0, 0.05) is 32.3 Å². The molecule has 2 heterocycles. The highest BCUT2D eigenvalue weighted by atomic mass is 32.2. The van der Waals surface area contributed by atoms with E-state index in [9.17, 15) is 18.3 Å². The molecule has 0 spiro atoms. The van der Waals surface area contributed by atoms with Gasteiger partial charge in [-0.05, 0) is 26.1 Å². The molecule has 170 valence electrons. The summed E-state index contributed by atoms with van der Waals surface area (Å²) in [4.78, 5) is 18.8. The van der Waals surface area contributed by atoms with E-state index < -0.39 is 16.1 Å². The number of likely N-dealkylation sites (N-methyl/N-ethyl adjacent to an activating group) is 1. The molecular weight excluding hydrogens is 422 g/mol. The van der Waals surface area contributed by atoms with Gasteiger partial charge in [0.05, 0.1) is 30.2 Å². The van der Waals surface area contributed by atoms with Crippen LogP contribution in [0.15, 0.2) is 35.7 Å². The van der Waals surface area contributed by atoms with Crippen molar-refractivity contribution in [1.82, 2.24) is 19.8 Å². The molecule has 0 saturated heterocycles. The molecule has 0 saturated carbocycles. The standard InChI is InChI=1S/C20H29N5O5S/c1-13-9-25(14(2)11-26)20(27)15-6-5-7-16(19(15)30-17(13)8-21-3)23-31(28,29)18-10-24(4)12-22-18/h5-7,10,12-14,17,21,23,26H,8-9,11H2,1-4H3/t13-,14-,17+/m1/s1. The lowest BCUT2D eigenvalue weighted by atomic mass is 9.99. The number of aliphatic hydroxyl groups excluding tert-OH is 1. The van der Waals surface area contributed by atoms with E-state index in [4.69, 9.17) is 4.74 Å². The van der Waals surface area contributed by atoms with Gasteiger partial charge in [0.25, 0.3) is 15.9 Å². The van der Waals surface area contributed by atoms with E-state index >= 15 is 0 Å². The van der Waals surface area contributed by atoms with E-state index in [1.54, 1.807) is 44.1 Å². The number of ether oxygens (including phenoxy) is 1. The Bertz CT molecular complexity index is 1040. The zero-order valence-corrected chi connectivity index (χ0v) is 18.9. The number of benzene rings is 1. The van der Waals surface area contributed by atoms with E-state index in [0.717, 1.165) is 0 Å². The molecule has 0 unspecified atom stereocenters. The van der Waals surface area contributed by atoms with Gasteiger partial charge in [0.15, 0.2) is 10.8 Å². The van der Waals surface area contributed by atoms with Crippen molar-refractivity contribution in [2.45, 2.75) is 31.0 Å². The zero-order valence-electron chi connectivity index (χ0n) is 18.1. The van der Waals surface area contributed by atoms with Crippen molar-refractivity contribution in [1.29, 1.82) is 0 Å². The first kappa shape index (κ1) is 23.0. The molecule has 10 nitrogen and oxygen atoms in total. The first-order valence-corrected chi connectivity index (χ1v) is 11.5. The number of sulfonamides is 1. The topological polar surface area (TPSA) is 126 Å². The monoisotopic (exact) mass is 451 g/mol. The van der Waals surface area contributed by atoms with E-state index in [-0.39, 0.29) is 46.6 Å². The van der Waals surface area contributed by atoms with Gasteiger partial charge in [-0.1, -0.05) is 13.0 Å². The van der Waals surface area contributed by atoms with Crippen LogP contribution in [-0.2, 0) is 17.1 Å². The second kappa shape index (κ2) is 9.25. The summed E-state index contributed by atoms with van der Waals surface area (Å²) >= 11 is 0. The van der Waals surface area contributed by atoms with Crippen LogP contribution in [0.2, 0.25) is 0 Å². The molecule has 3 atom stereocenters. The number of fused-ring (bicyclic) bond motifs is 1. The van der Waals surface area contributed by atoms with Gasteiger partial charge < -0.3 is 24.6 Å². The Balaban J connectivity index is 2.08. The third-order valence-electron chi connectivity index (χ3n) is 5.30. The largest absolute Gasteiger partial charge is 0.486 e. The minimum absolute atomic E-state index is 0.0704. The summed E-state index contributed by atoms with van der Waals surface area (Å²) in [5, 5.41) is 12.6. The van der Waals surface area contributed by atoms with E-state index in [2.05, 4.69) is 15.0 Å². The Morgan fingerprint density at radius 3 is 2.74 bits per heavy atom. The number of aryl methyl sites for hydroxylation is 1. The fourth-order valence-corrected chi connectivity index (χ4v) is 4.54. The first-order chi connectivity index (χ1) is 14.7. The number of carbonyl (C=O) groups excluding carboxylic acids is 1. The third kappa shape index (κ3) is 4.83. The van der Waals surface area contributed by atoms with Gasteiger partial charge in [-0.2, -0.15) is 8.42 Å². The fraction of sp³-hybridized carbons (Fsp3) is 0.500. The van der Waals surface area contributed by atoms with Crippen molar-refractivity contribution in [3.05, 3.63) is 36.3 Å². The van der Waals surface area contributed by atoms with Gasteiger partial charge >= 0.3 is 0 Å². The Hall–Kier alpha value is -2.63. The van der Waals surface area contributed by atoms with Crippen molar-refractivity contribution >= 4 is 21.6 Å². The molecule has 2 aromatic rings. The number of aliphatic hydroxyl groups is 1. The van der Waals surface area contributed by atoms with Crippen LogP contribution < -0.4 is 14.8 Å². The minimum Gasteiger partial charge on any atom is -0.486 e. The Morgan fingerprint density at radius 2 is 2.13 bits per heavy atom. The molecule has 0 fully saturated rings. The second-order valence-corrected chi connectivity index (χ2v) is 9.47. The molecule has 3 N–H and O–H groups in total. The molecule has 0 radical (unpaired) electrons. The molecule has 3 rings (SSSR count). The summed E-state index contributed by atoms with van der Waals surface area (Å²) in [6.07, 6.45) is 2.45. The molecule has 31 heavy (non-hydrogen) atoms. The SMILES string of the molecule is CNC[C@@H]1Oc2c(NS(=O)(=O)c3cn(C)cn3)cccc2C(=O)N([C@H](C)CO)C[C@H]1C. The summed E-state index contributed by atoms with van der Waals surface area (Å²) < 4.78 is 35.9. The molecule has 11 heteroatoms. The molecular formula is C20H29N5O5S. The molecule has 1 aliphatic rings. The van der Waals surface area contributed by atoms with Crippen molar-refractivity contribution in [3.63, 3.8) is 0 Å². The second-order valence-electron chi connectivity index (χ2n) is 7.85. The highest BCUT2D eigenvalue weighted by Crippen LogP contribution is 2.35. The van der Waals surface area contributed by atoms with Crippen LogP contribution in [0.4, 0.5) is 5.69 Å². The number of anilines is 1. The van der Waals surface area contributed by atoms with Crippen LogP contribution in [-0.4, -0.2) is 72.8 Å². The highest BCUT2D eigenvalue weighted by Gasteiger charge is 2.34. The lowest BCUT2D eigenvalue weighted by molar-refractivity contribution is 0.0417. The number of carbonyl (C=O) groups is 1. The summed E-state index contributed by atoms with van der Waals surface area (Å²) in [7, 11) is -0.515. The van der Waals surface area contributed by atoms with Crippen LogP contribution in [0, 0.1) is 5.92 Å². The predicted molar refractivity (Wildman–Crippen MR) is 116 cm³/mol. The zero-order chi connectivity index (χ0) is 22.8. The van der Waals surface area contributed by atoms with Crippen molar-refractivity contribution in [3.8, 4) is 5.75 Å². The average Bonchev–Trinajstić information content (AvgIpc) is 3.18. The lowest BCUT2D eigenvalue weighted by Crippen LogP contribution is -2.49. The highest BCUT2D eigenvalue weighted by molar-refractivity contribution is 7.92. The number of aromatic nitrogens is 2. The molecule has 1 aromatic carbocycles. The predicted octanol–water partition coefficient (Wildman–Crippen LogP) is 0.660. The summed E-state index contributed by atoms with van der Waals surface area (Å²) in [5.74, 6) is -0.238. The molecule has 1 aromatic heterocycles. The Morgan fingerprint density at radius 1 is 1.39 bits per heavy atom. The fourth-order valence-electron chi connectivity index (χ4n) is 3.49. The van der Waals surface area contributed by atoms with Crippen molar-refractivity contribution < 1.29 is 23.1 Å². The van der Waals surface area contributed by atoms with Crippen LogP contribution >= 0.6 is 0 Å². The average molecular weight is 452 g/mol. The van der Waals surface area contributed by atoms with E-state index in [0.29, 0.717) is 13.1 Å². The van der Waals surface area contributed by atoms with Gasteiger partial charge in [0.2, 0.25) is 0 Å². The number of imidazole rings is 1. The maximum absolute atomic E-state index is 13.3. The van der Waals surface area contributed by atoms with Crippen LogP contribution in [0.1, 0.15) is 24.2 Å². The van der Waals surface area contributed by atoms with Gasteiger partial charge in [-0.3, -0.25) is 9.52 Å². The maximum Gasteiger partial charge on any atom is 0.281 e. The first-order valence-electron chi connectivity index (χ1n) is 10.0. The number of nitrogens with one attached hydrogen (secondary N) is 2. The Labute approximate surface area is 182 Å². The molecule has 1 amide bonds.